The molecule has 0 aliphatic rings. The number of benzene rings is 2. The monoisotopic (exact) mass is 365 g/mol. The maximum absolute atomic E-state index is 11.3. The van der Waals surface area contributed by atoms with E-state index in [1.807, 2.05) is 54.6 Å². The van der Waals surface area contributed by atoms with E-state index in [9.17, 15) is 14.7 Å². The fourth-order valence-corrected chi connectivity index (χ4v) is 3.21. The zero-order valence-corrected chi connectivity index (χ0v) is 14.4. The Labute approximate surface area is 154 Å². The van der Waals surface area contributed by atoms with E-state index in [1.54, 1.807) is 34.7 Å². The number of aliphatic hydroxyl groups is 1. The van der Waals surface area contributed by atoms with E-state index >= 15 is 0 Å². The molecule has 26 heavy (non-hydrogen) atoms. The van der Waals surface area contributed by atoms with Gasteiger partial charge in [0.1, 0.15) is 5.76 Å². The number of ketones is 1. The van der Waals surface area contributed by atoms with Gasteiger partial charge in [-0.15, -0.1) is 0 Å². The van der Waals surface area contributed by atoms with Crippen LogP contribution in [0.2, 0.25) is 0 Å². The third-order valence-corrected chi connectivity index (χ3v) is 4.60. The molecular formula is C20H15NO4S. The molecule has 0 spiro atoms. The number of hydrogen-bond donors (Lipinski definition) is 2. The van der Waals surface area contributed by atoms with Gasteiger partial charge in [0, 0.05) is 27.8 Å². The normalized spacial score (nSPS) is 11.3. The van der Waals surface area contributed by atoms with E-state index in [4.69, 9.17) is 5.11 Å². The number of carbonyl (C=O) groups is 2. The second-order valence-electron chi connectivity index (χ2n) is 5.37. The first-order valence-electron chi connectivity index (χ1n) is 7.73. The number of carbonyl (C=O) groups excluding carboxylic acids is 1. The highest BCUT2D eigenvalue weighted by Crippen LogP contribution is 2.28. The molecule has 0 aliphatic carbocycles. The molecule has 5 nitrogen and oxygen atoms in total. The molecule has 0 atom stereocenters. The predicted molar refractivity (Wildman–Crippen MR) is 99.6 cm³/mol. The second-order valence-corrected chi connectivity index (χ2v) is 6.52. The third-order valence-electron chi connectivity index (χ3n) is 3.58. The smallest absolute Gasteiger partial charge is 0.376 e. The molecule has 0 aliphatic heterocycles. The quantitative estimate of drug-likeness (QED) is 0.389. The zero-order valence-electron chi connectivity index (χ0n) is 13.6. The first kappa shape index (κ1) is 17.6. The number of carboxylic acids is 1. The molecule has 0 saturated carbocycles. The lowest BCUT2D eigenvalue weighted by atomic mass is 10.2. The fourth-order valence-electron chi connectivity index (χ4n) is 2.37. The van der Waals surface area contributed by atoms with Crippen LogP contribution in [0.15, 0.2) is 88.8 Å². The minimum atomic E-state index is -1.61. The minimum absolute atomic E-state index is 0.336. The Morgan fingerprint density at radius 2 is 1.50 bits per heavy atom. The molecule has 1 heterocycles. The van der Waals surface area contributed by atoms with Crippen molar-refractivity contribution in [3.05, 3.63) is 84.7 Å². The standard InChI is InChI=1S/C20H15NO4S/c22-18(13-19(23)20(24)25)17-7-4-12-21(17)14-8-10-16(11-9-14)26-15-5-2-1-3-6-15/h1-13,22H,(H,24,25). The van der Waals surface area contributed by atoms with Crippen molar-refractivity contribution in [1.29, 1.82) is 0 Å². The maximum atomic E-state index is 11.3. The highest BCUT2D eigenvalue weighted by Gasteiger charge is 2.13. The highest BCUT2D eigenvalue weighted by molar-refractivity contribution is 7.99. The molecule has 0 unspecified atom stereocenters. The van der Waals surface area contributed by atoms with Crippen molar-refractivity contribution in [3.8, 4) is 5.69 Å². The van der Waals surface area contributed by atoms with E-state index in [2.05, 4.69) is 0 Å². The van der Waals surface area contributed by atoms with Crippen LogP contribution in [0.25, 0.3) is 11.4 Å². The molecule has 0 bridgehead atoms. The summed E-state index contributed by atoms with van der Waals surface area (Å²) in [6.45, 7) is 0. The molecule has 2 N–H and O–H groups in total. The molecule has 0 fully saturated rings. The molecule has 0 radical (unpaired) electrons. The van der Waals surface area contributed by atoms with E-state index in [0.717, 1.165) is 15.5 Å². The average Bonchev–Trinajstić information content (AvgIpc) is 3.13. The maximum Gasteiger partial charge on any atom is 0.376 e. The summed E-state index contributed by atoms with van der Waals surface area (Å²) in [5.41, 5.74) is 1.12. The summed E-state index contributed by atoms with van der Waals surface area (Å²) >= 11 is 1.64. The Kier molecular flexibility index (Phi) is 5.24. The van der Waals surface area contributed by atoms with Gasteiger partial charge in [-0.2, -0.15) is 0 Å². The summed E-state index contributed by atoms with van der Waals surface area (Å²) in [5.74, 6) is -3.19. The van der Waals surface area contributed by atoms with Gasteiger partial charge in [-0.1, -0.05) is 30.0 Å². The van der Waals surface area contributed by atoms with Crippen LogP contribution in [0.4, 0.5) is 0 Å². The summed E-state index contributed by atoms with van der Waals surface area (Å²) < 4.78 is 1.68. The van der Waals surface area contributed by atoms with E-state index in [1.165, 1.54) is 0 Å². The molecule has 0 amide bonds. The van der Waals surface area contributed by atoms with E-state index in [0.29, 0.717) is 11.8 Å². The van der Waals surface area contributed by atoms with Crippen LogP contribution in [-0.2, 0) is 9.59 Å². The lowest BCUT2D eigenvalue weighted by Crippen LogP contribution is -2.10. The van der Waals surface area contributed by atoms with Crippen LogP contribution in [0, 0.1) is 0 Å². The minimum Gasteiger partial charge on any atom is -0.506 e. The van der Waals surface area contributed by atoms with Crippen LogP contribution < -0.4 is 0 Å². The zero-order chi connectivity index (χ0) is 18.5. The van der Waals surface area contributed by atoms with Crippen LogP contribution >= 0.6 is 11.8 Å². The molecule has 1 aromatic heterocycles. The van der Waals surface area contributed by atoms with Crippen molar-refractivity contribution in [3.63, 3.8) is 0 Å². The number of carboxylic acid groups (broad SMARTS) is 1. The Balaban J connectivity index is 1.83. The van der Waals surface area contributed by atoms with Crippen molar-refractivity contribution in [2.45, 2.75) is 9.79 Å². The summed E-state index contributed by atoms with van der Waals surface area (Å²) in [7, 11) is 0. The number of nitrogens with zero attached hydrogens (tertiary/aromatic N) is 1. The van der Waals surface area contributed by atoms with Crippen LogP contribution in [0.3, 0.4) is 0 Å². The van der Waals surface area contributed by atoms with Crippen LogP contribution in [-0.4, -0.2) is 26.5 Å². The van der Waals surface area contributed by atoms with Crippen LogP contribution in [0.5, 0.6) is 0 Å². The number of aliphatic carboxylic acids is 1. The topological polar surface area (TPSA) is 79.5 Å². The van der Waals surface area contributed by atoms with Gasteiger partial charge in [-0.3, -0.25) is 4.79 Å². The predicted octanol–water partition coefficient (Wildman–Crippen LogP) is 4.18. The third kappa shape index (κ3) is 4.04. The van der Waals surface area contributed by atoms with Crippen molar-refractivity contribution < 1.29 is 19.8 Å². The first-order valence-corrected chi connectivity index (χ1v) is 8.55. The van der Waals surface area contributed by atoms with Crippen LogP contribution in [0.1, 0.15) is 5.69 Å². The van der Waals surface area contributed by atoms with Crippen molar-refractivity contribution in [2.24, 2.45) is 0 Å². The SMILES string of the molecule is O=C(O)C(=O)C=C(O)c1cccn1-c1ccc(Sc2ccccc2)cc1. The van der Waals surface area contributed by atoms with Crippen molar-refractivity contribution >= 4 is 29.3 Å². The summed E-state index contributed by atoms with van der Waals surface area (Å²) in [5, 5.41) is 18.7. The van der Waals surface area contributed by atoms with Crippen molar-refractivity contribution in [2.75, 3.05) is 0 Å². The fraction of sp³-hybridized carbons (Fsp3) is 0. The summed E-state index contributed by atoms with van der Waals surface area (Å²) in [6, 6.07) is 21.0. The van der Waals surface area contributed by atoms with Gasteiger partial charge in [-0.25, -0.2) is 4.79 Å². The lowest BCUT2D eigenvalue weighted by Gasteiger charge is -2.10. The van der Waals surface area contributed by atoms with Crippen molar-refractivity contribution in [1.82, 2.24) is 4.57 Å². The van der Waals surface area contributed by atoms with Gasteiger partial charge >= 0.3 is 5.97 Å². The number of aliphatic hydroxyl groups excluding tert-OH is 1. The van der Waals surface area contributed by atoms with Gasteiger partial charge in [0.25, 0.3) is 5.78 Å². The highest BCUT2D eigenvalue weighted by atomic mass is 32.2. The van der Waals surface area contributed by atoms with Gasteiger partial charge in [0.15, 0.2) is 0 Å². The number of aromatic nitrogens is 1. The molecule has 130 valence electrons. The summed E-state index contributed by atoms with van der Waals surface area (Å²) in [6.07, 6.45) is 2.43. The largest absolute Gasteiger partial charge is 0.506 e. The molecule has 3 aromatic rings. The number of hydrogen-bond acceptors (Lipinski definition) is 4. The van der Waals surface area contributed by atoms with Gasteiger partial charge in [0.05, 0.1) is 5.69 Å². The molecule has 2 aromatic carbocycles. The molecule has 0 saturated heterocycles. The Bertz CT molecular complexity index is 959. The Hall–Kier alpha value is -3.25. The Morgan fingerprint density at radius 1 is 0.846 bits per heavy atom. The Morgan fingerprint density at radius 3 is 2.15 bits per heavy atom. The second kappa shape index (κ2) is 7.76. The molecular weight excluding hydrogens is 350 g/mol. The van der Waals surface area contributed by atoms with Gasteiger partial charge < -0.3 is 14.8 Å². The van der Waals surface area contributed by atoms with E-state index < -0.39 is 17.5 Å². The molecule has 6 heteroatoms. The van der Waals surface area contributed by atoms with E-state index in [-0.39, 0.29) is 0 Å². The van der Waals surface area contributed by atoms with Gasteiger partial charge in [0.2, 0.25) is 0 Å². The van der Waals surface area contributed by atoms with Gasteiger partial charge in [-0.05, 0) is 48.5 Å². The first-order chi connectivity index (χ1) is 12.5. The summed E-state index contributed by atoms with van der Waals surface area (Å²) in [4.78, 5) is 24.1. The lowest BCUT2D eigenvalue weighted by molar-refractivity contribution is -0.146. The molecule has 3 rings (SSSR count). The number of rotatable bonds is 6. The average molecular weight is 365 g/mol.